The number of methoxy groups -OCH3 is 1. The lowest BCUT2D eigenvalue weighted by Crippen LogP contribution is -2.16. The van der Waals surface area contributed by atoms with Crippen molar-refractivity contribution in [3.05, 3.63) is 24.3 Å². The zero-order chi connectivity index (χ0) is 13.0. The first kappa shape index (κ1) is 13.3. The highest BCUT2D eigenvalue weighted by Gasteiger charge is 2.17. The van der Waals surface area contributed by atoms with Gasteiger partial charge in [-0.25, -0.2) is 4.98 Å². The molecule has 2 rings (SSSR count). The first-order chi connectivity index (χ1) is 8.81. The molecule has 1 atom stereocenters. The number of alkyl halides is 1. The Balaban J connectivity index is 2.52. The van der Waals surface area contributed by atoms with Gasteiger partial charge < -0.3 is 9.30 Å². The van der Waals surface area contributed by atoms with Crippen LogP contribution in [0.15, 0.2) is 18.5 Å². The molecule has 4 nitrogen and oxygen atoms in total. The molecule has 0 amide bonds. The van der Waals surface area contributed by atoms with Crippen molar-refractivity contribution in [2.75, 3.05) is 19.6 Å². The Morgan fingerprint density at radius 1 is 1.50 bits per heavy atom. The molecule has 2 aromatic heterocycles. The Labute approximate surface area is 112 Å². The van der Waals surface area contributed by atoms with Gasteiger partial charge in [0, 0.05) is 25.6 Å². The molecule has 0 aliphatic heterocycles. The molecule has 0 aromatic carbocycles. The van der Waals surface area contributed by atoms with Crippen LogP contribution in [-0.2, 0) is 11.2 Å². The predicted molar refractivity (Wildman–Crippen MR) is 73.2 cm³/mol. The van der Waals surface area contributed by atoms with E-state index in [0.717, 1.165) is 29.7 Å². The van der Waals surface area contributed by atoms with Gasteiger partial charge in [-0.2, -0.15) is 0 Å². The minimum Gasteiger partial charge on any atom is -0.383 e. The number of rotatable bonds is 6. The third-order valence-corrected chi connectivity index (χ3v) is 3.27. The smallest absolute Gasteiger partial charge is 0.111 e. The minimum atomic E-state index is 0.292. The largest absolute Gasteiger partial charge is 0.383 e. The van der Waals surface area contributed by atoms with Crippen LogP contribution in [0.3, 0.4) is 0 Å². The summed E-state index contributed by atoms with van der Waals surface area (Å²) in [6, 6.07) is 2.29. The zero-order valence-corrected chi connectivity index (χ0v) is 11.5. The number of imidazole rings is 1. The molecule has 0 aliphatic carbocycles. The van der Waals surface area contributed by atoms with Crippen molar-refractivity contribution in [2.24, 2.45) is 0 Å². The number of ether oxygens (including phenoxy) is 1. The van der Waals surface area contributed by atoms with Crippen molar-refractivity contribution in [1.29, 1.82) is 0 Å². The second-order valence-corrected chi connectivity index (χ2v) is 4.60. The summed E-state index contributed by atoms with van der Waals surface area (Å²) in [6.07, 6.45) is 5.35. The Hall–Kier alpha value is -1.13. The lowest BCUT2D eigenvalue weighted by Gasteiger charge is -2.19. The Bertz CT molecular complexity index is 512. The van der Waals surface area contributed by atoms with E-state index in [1.165, 1.54) is 0 Å². The standard InChI is InChI=1S/C13H18ClN3O/c1-3-10(9-18-2)17-12-5-7-15-8-11(12)16-13(17)4-6-14/h5,7-8,10H,3-4,6,9H2,1-2H3. The molecular formula is C13H18ClN3O. The number of fused-ring (bicyclic) bond motifs is 1. The van der Waals surface area contributed by atoms with Crippen LogP contribution >= 0.6 is 11.6 Å². The van der Waals surface area contributed by atoms with Gasteiger partial charge in [0.2, 0.25) is 0 Å². The summed E-state index contributed by atoms with van der Waals surface area (Å²) < 4.78 is 7.54. The summed E-state index contributed by atoms with van der Waals surface area (Å²) in [5, 5.41) is 0. The quantitative estimate of drug-likeness (QED) is 0.756. The molecule has 0 saturated carbocycles. The fraction of sp³-hybridized carbons (Fsp3) is 0.538. The molecule has 1 unspecified atom stereocenters. The minimum absolute atomic E-state index is 0.292. The molecule has 0 fully saturated rings. The van der Waals surface area contributed by atoms with Crippen LogP contribution in [0.4, 0.5) is 0 Å². The van der Waals surface area contributed by atoms with Crippen LogP contribution in [-0.4, -0.2) is 34.1 Å². The number of aryl methyl sites for hydroxylation is 1. The predicted octanol–water partition coefficient (Wildman–Crippen LogP) is 2.81. The molecule has 98 valence electrons. The molecule has 2 aromatic rings. The summed E-state index contributed by atoms with van der Waals surface area (Å²) >= 11 is 5.86. The van der Waals surface area contributed by atoms with Crippen molar-refractivity contribution in [2.45, 2.75) is 25.8 Å². The number of hydrogen-bond donors (Lipinski definition) is 0. The first-order valence-electron chi connectivity index (χ1n) is 6.17. The Kier molecular flexibility index (Phi) is 4.55. The van der Waals surface area contributed by atoms with Crippen LogP contribution < -0.4 is 0 Å². The van der Waals surface area contributed by atoms with Gasteiger partial charge in [-0.3, -0.25) is 4.98 Å². The van der Waals surface area contributed by atoms with Crippen LogP contribution in [0, 0.1) is 0 Å². The molecule has 0 saturated heterocycles. The van der Waals surface area contributed by atoms with E-state index in [0.29, 0.717) is 18.5 Å². The highest BCUT2D eigenvalue weighted by molar-refractivity contribution is 6.17. The molecule has 2 heterocycles. The molecule has 0 bridgehead atoms. The van der Waals surface area contributed by atoms with E-state index in [1.807, 2.05) is 6.07 Å². The maximum atomic E-state index is 5.86. The van der Waals surface area contributed by atoms with Gasteiger partial charge in [0.05, 0.1) is 24.4 Å². The molecule has 5 heteroatoms. The molecular weight excluding hydrogens is 250 g/mol. The van der Waals surface area contributed by atoms with E-state index in [4.69, 9.17) is 16.3 Å². The normalized spacial score (nSPS) is 13.1. The van der Waals surface area contributed by atoms with Gasteiger partial charge in [0.25, 0.3) is 0 Å². The molecule has 0 N–H and O–H groups in total. The lowest BCUT2D eigenvalue weighted by atomic mass is 10.2. The maximum absolute atomic E-state index is 5.86. The van der Waals surface area contributed by atoms with Crippen molar-refractivity contribution < 1.29 is 4.74 Å². The Morgan fingerprint density at radius 3 is 3.00 bits per heavy atom. The second-order valence-electron chi connectivity index (χ2n) is 4.22. The summed E-state index contributed by atoms with van der Waals surface area (Å²) in [5.74, 6) is 1.58. The number of halogens is 1. The summed E-state index contributed by atoms with van der Waals surface area (Å²) in [6.45, 7) is 2.83. The summed E-state index contributed by atoms with van der Waals surface area (Å²) in [4.78, 5) is 8.73. The molecule has 0 aliphatic rings. The molecule has 18 heavy (non-hydrogen) atoms. The van der Waals surface area contributed by atoms with Gasteiger partial charge in [0.15, 0.2) is 0 Å². The highest BCUT2D eigenvalue weighted by Crippen LogP contribution is 2.23. The second kappa shape index (κ2) is 6.16. The van der Waals surface area contributed by atoms with E-state index in [9.17, 15) is 0 Å². The van der Waals surface area contributed by atoms with E-state index in [-0.39, 0.29) is 0 Å². The maximum Gasteiger partial charge on any atom is 0.111 e. The SMILES string of the molecule is CCC(COC)n1c(CCCl)nc2cnccc21. The van der Waals surface area contributed by atoms with E-state index in [1.54, 1.807) is 19.5 Å². The third kappa shape index (κ3) is 2.49. The van der Waals surface area contributed by atoms with Gasteiger partial charge in [0.1, 0.15) is 11.3 Å². The zero-order valence-electron chi connectivity index (χ0n) is 10.8. The fourth-order valence-corrected chi connectivity index (χ4v) is 2.41. The number of nitrogens with zero attached hydrogens (tertiary/aromatic N) is 3. The van der Waals surface area contributed by atoms with E-state index in [2.05, 4.69) is 21.5 Å². The van der Waals surface area contributed by atoms with Crippen molar-refractivity contribution in [1.82, 2.24) is 14.5 Å². The van der Waals surface area contributed by atoms with Gasteiger partial charge >= 0.3 is 0 Å². The van der Waals surface area contributed by atoms with Crippen molar-refractivity contribution in [3.8, 4) is 0 Å². The summed E-state index contributed by atoms with van der Waals surface area (Å²) in [7, 11) is 1.73. The Morgan fingerprint density at radius 2 is 2.33 bits per heavy atom. The van der Waals surface area contributed by atoms with Crippen LogP contribution in [0.2, 0.25) is 0 Å². The third-order valence-electron chi connectivity index (χ3n) is 3.08. The topological polar surface area (TPSA) is 39.9 Å². The average Bonchev–Trinajstić information content (AvgIpc) is 2.74. The van der Waals surface area contributed by atoms with Crippen molar-refractivity contribution in [3.63, 3.8) is 0 Å². The fourth-order valence-electron chi connectivity index (χ4n) is 2.24. The number of pyridine rings is 1. The molecule has 0 spiro atoms. The van der Waals surface area contributed by atoms with Crippen molar-refractivity contribution >= 4 is 22.6 Å². The van der Waals surface area contributed by atoms with Gasteiger partial charge in [-0.15, -0.1) is 11.6 Å². The van der Waals surface area contributed by atoms with Crippen LogP contribution in [0.25, 0.3) is 11.0 Å². The van der Waals surface area contributed by atoms with Gasteiger partial charge in [-0.1, -0.05) is 6.92 Å². The average molecular weight is 268 g/mol. The van der Waals surface area contributed by atoms with Gasteiger partial charge in [-0.05, 0) is 12.5 Å². The van der Waals surface area contributed by atoms with E-state index < -0.39 is 0 Å². The van der Waals surface area contributed by atoms with Crippen LogP contribution in [0.5, 0.6) is 0 Å². The monoisotopic (exact) mass is 267 g/mol. The summed E-state index contributed by atoms with van der Waals surface area (Å²) in [5.41, 5.74) is 2.03. The van der Waals surface area contributed by atoms with Crippen LogP contribution in [0.1, 0.15) is 25.2 Å². The lowest BCUT2D eigenvalue weighted by molar-refractivity contribution is 0.153. The first-order valence-corrected chi connectivity index (χ1v) is 6.71. The number of aromatic nitrogens is 3. The number of hydrogen-bond acceptors (Lipinski definition) is 3. The highest BCUT2D eigenvalue weighted by atomic mass is 35.5. The molecule has 0 radical (unpaired) electrons. The van der Waals surface area contributed by atoms with E-state index >= 15 is 0 Å².